The number of nitrogens with one attached hydrogen (secondary N) is 1. The normalized spacial score (nSPS) is 16.8. The Hall–Kier alpha value is -1.26. The number of hydrogen-bond acceptors (Lipinski definition) is 2. The predicted molar refractivity (Wildman–Crippen MR) is 87.3 cm³/mol. The third-order valence-electron chi connectivity index (χ3n) is 3.30. The quantitative estimate of drug-likeness (QED) is 0.871. The van der Waals surface area contributed by atoms with Gasteiger partial charge in [-0.15, -0.1) is 11.8 Å². The van der Waals surface area contributed by atoms with E-state index in [1.54, 1.807) is 11.8 Å². The minimum Gasteiger partial charge on any atom is -0.325 e. The number of hydrogen-bond donors (Lipinski definition) is 1. The Balaban J connectivity index is 1.69. The van der Waals surface area contributed by atoms with Crippen molar-refractivity contribution in [1.82, 2.24) is 0 Å². The smallest absolute Gasteiger partial charge is 0.238 e. The van der Waals surface area contributed by atoms with Crippen LogP contribution in [0.5, 0.6) is 0 Å². The summed E-state index contributed by atoms with van der Waals surface area (Å²) in [6.45, 7) is 2.08. The van der Waals surface area contributed by atoms with E-state index in [1.807, 2.05) is 24.3 Å². The van der Waals surface area contributed by atoms with Crippen molar-refractivity contribution in [3.8, 4) is 0 Å². The monoisotopic (exact) mass is 347 g/mol. The lowest BCUT2D eigenvalue weighted by Crippen LogP contribution is -2.24. The predicted octanol–water partition coefficient (Wildman–Crippen LogP) is 4.41. The molecule has 2 aromatic rings. The number of aryl methyl sites for hydroxylation is 1. The number of carbonyl (C=O) groups is 1. The van der Waals surface area contributed by atoms with Gasteiger partial charge in [0.05, 0.1) is 5.25 Å². The van der Waals surface area contributed by atoms with Gasteiger partial charge >= 0.3 is 0 Å². The molecule has 0 fully saturated rings. The molecule has 0 aliphatic carbocycles. The molecule has 2 nitrogen and oxygen atoms in total. The molecular formula is C16H14BrNOS. The van der Waals surface area contributed by atoms with Gasteiger partial charge in [0.15, 0.2) is 0 Å². The van der Waals surface area contributed by atoms with Crippen LogP contribution in [0.25, 0.3) is 0 Å². The van der Waals surface area contributed by atoms with Gasteiger partial charge in [-0.1, -0.05) is 33.6 Å². The molecule has 20 heavy (non-hydrogen) atoms. The van der Waals surface area contributed by atoms with Crippen LogP contribution in [0.3, 0.4) is 0 Å². The second-order valence-electron chi connectivity index (χ2n) is 4.92. The van der Waals surface area contributed by atoms with Gasteiger partial charge in [-0.25, -0.2) is 0 Å². The van der Waals surface area contributed by atoms with Crippen molar-refractivity contribution in [2.45, 2.75) is 23.5 Å². The lowest BCUT2D eigenvalue weighted by molar-refractivity contribution is -0.115. The molecule has 0 aromatic heterocycles. The van der Waals surface area contributed by atoms with Crippen LogP contribution in [0.4, 0.5) is 5.69 Å². The Labute approximate surface area is 131 Å². The van der Waals surface area contributed by atoms with E-state index < -0.39 is 0 Å². The molecule has 0 radical (unpaired) electrons. The number of benzene rings is 2. The summed E-state index contributed by atoms with van der Waals surface area (Å²) < 4.78 is 1.01. The molecule has 0 spiro atoms. The van der Waals surface area contributed by atoms with Crippen molar-refractivity contribution < 1.29 is 4.79 Å². The molecule has 4 heteroatoms. The molecule has 1 aliphatic heterocycles. The van der Waals surface area contributed by atoms with E-state index in [4.69, 9.17) is 0 Å². The highest BCUT2D eigenvalue weighted by molar-refractivity contribution is 9.10. The van der Waals surface area contributed by atoms with Gasteiger partial charge in [-0.05, 0) is 49.2 Å². The summed E-state index contributed by atoms with van der Waals surface area (Å²) in [5.41, 5.74) is 3.35. The molecule has 0 unspecified atom stereocenters. The standard InChI is InChI=1S/C16H14BrNOS/c1-10-2-3-11-9-15(20-14(11)8-10)16(19)18-13-6-4-12(17)5-7-13/h2-8,15H,9H2,1H3,(H,18,19)/t15-/m1/s1. The summed E-state index contributed by atoms with van der Waals surface area (Å²) in [6.07, 6.45) is 0.808. The second kappa shape index (κ2) is 5.62. The number of rotatable bonds is 2. The lowest BCUT2D eigenvalue weighted by Gasteiger charge is -2.09. The van der Waals surface area contributed by atoms with Gasteiger partial charge in [0.25, 0.3) is 0 Å². The summed E-state index contributed by atoms with van der Waals surface area (Å²) in [4.78, 5) is 13.5. The highest BCUT2D eigenvalue weighted by atomic mass is 79.9. The van der Waals surface area contributed by atoms with Gasteiger partial charge in [-0.2, -0.15) is 0 Å². The minimum absolute atomic E-state index is 0.0320. The highest BCUT2D eigenvalue weighted by Gasteiger charge is 2.28. The van der Waals surface area contributed by atoms with Crippen LogP contribution >= 0.6 is 27.7 Å². The first kappa shape index (κ1) is 13.7. The molecule has 1 atom stereocenters. The van der Waals surface area contributed by atoms with Gasteiger partial charge in [-0.3, -0.25) is 4.79 Å². The first-order valence-electron chi connectivity index (χ1n) is 6.44. The Morgan fingerprint density at radius 2 is 2.00 bits per heavy atom. The number of anilines is 1. The average Bonchev–Trinajstić information content (AvgIpc) is 2.84. The van der Waals surface area contributed by atoms with Crippen LogP contribution in [0.1, 0.15) is 11.1 Å². The number of halogens is 1. The minimum atomic E-state index is -0.0320. The molecular weight excluding hydrogens is 334 g/mol. The largest absolute Gasteiger partial charge is 0.325 e. The SMILES string of the molecule is Cc1ccc2c(c1)S[C@@H](C(=O)Nc1ccc(Br)cc1)C2. The Kier molecular flexibility index (Phi) is 3.85. The molecule has 3 rings (SSSR count). The fourth-order valence-electron chi connectivity index (χ4n) is 2.24. The van der Waals surface area contributed by atoms with Gasteiger partial charge < -0.3 is 5.32 Å². The van der Waals surface area contributed by atoms with Crippen LogP contribution in [0, 0.1) is 6.92 Å². The van der Waals surface area contributed by atoms with Gasteiger partial charge in [0, 0.05) is 15.1 Å². The lowest BCUT2D eigenvalue weighted by atomic mass is 10.1. The molecule has 0 saturated carbocycles. The van der Waals surface area contributed by atoms with Crippen LogP contribution in [0.15, 0.2) is 51.8 Å². The van der Waals surface area contributed by atoms with Crippen molar-refractivity contribution >= 4 is 39.3 Å². The molecule has 1 heterocycles. The molecule has 1 amide bonds. The maximum Gasteiger partial charge on any atom is 0.238 e. The van der Waals surface area contributed by atoms with Crippen LogP contribution in [-0.2, 0) is 11.2 Å². The van der Waals surface area contributed by atoms with E-state index >= 15 is 0 Å². The van der Waals surface area contributed by atoms with Crippen molar-refractivity contribution in [3.63, 3.8) is 0 Å². The number of carbonyl (C=O) groups excluding carboxylic acids is 1. The molecule has 2 aromatic carbocycles. The molecule has 102 valence electrons. The summed E-state index contributed by atoms with van der Waals surface area (Å²) in [7, 11) is 0. The fraction of sp³-hybridized carbons (Fsp3) is 0.188. The third-order valence-corrected chi connectivity index (χ3v) is 5.13. The van der Waals surface area contributed by atoms with Crippen molar-refractivity contribution in [2.75, 3.05) is 5.32 Å². The summed E-state index contributed by atoms with van der Waals surface area (Å²) >= 11 is 5.05. The van der Waals surface area contributed by atoms with Crippen LogP contribution in [0.2, 0.25) is 0 Å². The second-order valence-corrected chi connectivity index (χ2v) is 7.08. The van der Waals surface area contributed by atoms with E-state index in [9.17, 15) is 4.79 Å². The van der Waals surface area contributed by atoms with Crippen LogP contribution in [-0.4, -0.2) is 11.2 Å². The highest BCUT2D eigenvalue weighted by Crippen LogP contribution is 2.38. The number of thioether (sulfide) groups is 1. The third kappa shape index (κ3) is 2.91. The molecule has 0 saturated heterocycles. The molecule has 1 aliphatic rings. The topological polar surface area (TPSA) is 29.1 Å². The van der Waals surface area contributed by atoms with E-state index in [0.29, 0.717) is 0 Å². The fourth-order valence-corrected chi connectivity index (χ4v) is 3.79. The first-order valence-corrected chi connectivity index (χ1v) is 8.12. The zero-order valence-electron chi connectivity index (χ0n) is 11.0. The van der Waals surface area contributed by atoms with E-state index in [2.05, 4.69) is 46.4 Å². The maximum absolute atomic E-state index is 12.3. The summed E-state index contributed by atoms with van der Waals surface area (Å²) in [5, 5.41) is 2.95. The maximum atomic E-state index is 12.3. The van der Waals surface area contributed by atoms with Gasteiger partial charge in [0.2, 0.25) is 5.91 Å². The zero-order valence-corrected chi connectivity index (χ0v) is 13.4. The van der Waals surface area contributed by atoms with Crippen molar-refractivity contribution in [3.05, 3.63) is 58.1 Å². The van der Waals surface area contributed by atoms with E-state index in [0.717, 1.165) is 16.6 Å². The van der Waals surface area contributed by atoms with Crippen molar-refractivity contribution in [2.24, 2.45) is 0 Å². The Morgan fingerprint density at radius 3 is 2.75 bits per heavy atom. The van der Waals surface area contributed by atoms with Gasteiger partial charge in [0.1, 0.15) is 0 Å². The Morgan fingerprint density at radius 1 is 1.25 bits per heavy atom. The Bertz CT molecular complexity index is 654. The zero-order chi connectivity index (χ0) is 14.1. The summed E-state index contributed by atoms with van der Waals surface area (Å²) in [6, 6.07) is 14.1. The summed E-state index contributed by atoms with van der Waals surface area (Å²) in [5.74, 6) is 0.0752. The average molecular weight is 348 g/mol. The van der Waals surface area contributed by atoms with E-state index in [-0.39, 0.29) is 11.2 Å². The first-order chi connectivity index (χ1) is 9.61. The van der Waals surface area contributed by atoms with E-state index in [1.165, 1.54) is 16.0 Å². The molecule has 0 bridgehead atoms. The van der Waals surface area contributed by atoms with Crippen LogP contribution < -0.4 is 5.32 Å². The van der Waals surface area contributed by atoms with Crippen molar-refractivity contribution in [1.29, 1.82) is 0 Å². The number of fused-ring (bicyclic) bond motifs is 1. The number of amides is 1. The molecule has 1 N–H and O–H groups in total.